The third kappa shape index (κ3) is 4.74. The molecule has 3 amide bonds. The number of carbonyl (C=O) groups excluding carboxylic acids is 2. The van der Waals surface area contributed by atoms with Crippen molar-refractivity contribution in [3.05, 3.63) is 45.8 Å². The molecular formula is C22H26N4O3S. The first-order valence-corrected chi connectivity index (χ1v) is 10.8. The maximum absolute atomic E-state index is 12.7. The summed E-state index contributed by atoms with van der Waals surface area (Å²) in [6.07, 6.45) is 0.910. The number of nitrogens with one attached hydrogen (secondary N) is 2. The Balaban J connectivity index is 1.70. The molecule has 7 nitrogen and oxygen atoms in total. The number of thiophene rings is 1. The summed E-state index contributed by atoms with van der Waals surface area (Å²) >= 11 is 1.39. The topological polar surface area (TPSA) is 94.5 Å². The zero-order valence-electron chi connectivity index (χ0n) is 17.4. The van der Waals surface area contributed by atoms with Crippen molar-refractivity contribution in [2.45, 2.75) is 39.2 Å². The van der Waals surface area contributed by atoms with E-state index in [-0.39, 0.29) is 17.9 Å². The molecule has 1 atom stereocenters. The molecule has 3 rings (SSSR count). The number of benzene rings is 1. The second-order valence-electron chi connectivity index (χ2n) is 7.26. The quantitative estimate of drug-likeness (QED) is 0.734. The van der Waals surface area contributed by atoms with Gasteiger partial charge < -0.3 is 20.3 Å². The van der Waals surface area contributed by atoms with Gasteiger partial charge in [-0.25, -0.2) is 4.79 Å². The fourth-order valence-electron chi connectivity index (χ4n) is 3.57. The molecule has 0 saturated carbocycles. The summed E-state index contributed by atoms with van der Waals surface area (Å²) < 4.78 is 5.26. The van der Waals surface area contributed by atoms with Crippen LogP contribution in [0.1, 0.15) is 47.8 Å². The number of fused-ring (bicyclic) bond motifs is 1. The third-order valence-corrected chi connectivity index (χ3v) is 6.32. The van der Waals surface area contributed by atoms with Crippen LogP contribution in [0.15, 0.2) is 24.3 Å². The van der Waals surface area contributed by atoms with Crippen LogP contribution in [-0.2, 0) is 17.8 Å². The van der Waals surface area contributed by atoms with Crippen LogP contribution in [0, 0.1) is 11.3 Å². The minimum atomic E-state index is -0.138. The lowest BCUT2D eigenvalue weighted by atomic mass is 9.97. The van der Waals surface area contributed by atoms with E-state index >= 15 is 0 Å². The number of carbonyl (C=O) groups is 2. The first-order valence-electron chi connectivity index (χ1n) is 9.98. The van der Waals surface area contributed by atoms with Crippen LogP contribution >= 0.6 is 11.3 Å². The SMILES string of the molecule is CCNC(=O)N1CCc2c(sc(NC(=O)CC(C)c3cccc(OC)c3)c2C#N)C1. The van der Waals surface area contributed by atoms with E-state index in [1.54, 1.807) is 12.0 Å². The first kappa shape index (κ1) is 21.7. The van der Waals surface area contributed by atoms with Gasteiger partial charge in [0.25, 0.3) is 0 Å². The van der Waals surface area contributed by atoms with E-state index in [1.807, 2.05) is 38.1 Å². The van der Waals surface area contributed by atoms with Crippen LogP contribution in [0.3, 0.4) is 0 Å². The number of amides is 3. The van der Waals surface area contributed by atoms with E-state index in [2.05, 4.69) is 16.7 Å². The average molecular weight is 427 g/mol. The molecule has 158 valence electrons. The van der Waals surface area contributed by atoms with Crippen molar-refractivity contribution in [2.75, 3.05) is 25.5 Å². The highest BCUT2D eigenvalue weighted by Gasteiger charge is 2.27. The van der Waals surface area contributed by atoms with Gasteiger partial charge in [-0.1, -0.05) is 19.1 Å². The predicted molar refractivity (Wildman–Crippen MR) is 117 cm³/mol. The Morgan fingerprint density at radius 3 is 2.90 bits per heavy atom. The molecule has 0 bridgehead atoms. The number of ether oxygens (including phenoxy) is 1. The molecule has 2 N–H and O–H groups in total. The lowest BCUT2D eigenvalue weighted by molar-refractivity contribution is -0.116. The van der Waals surface area contributed by atoms with Crippen molar-refractivity contribution in [2.24, 2.45) is 0 Å². The number of rotatable bonds is 6. The van der Waals surface area contributed by atoms with Crippen molar-refractivity contribution >= 4 is 28.3 Å². The molecule has 1 aromatic carbocycles. The maximum Gasteiger partial charge on any atom is 0.317 e. The first-order chi connectivity index (χ1) is 14.5. The molecule has 1 unspecified atom stereocenters. The highest BCUT2D eigenvalue weighted by molar-refractivity contribution is 7.16. The minimum Gasteiger partial charge on any atom is -0.497 e. The van der Waals surface area contributed by atoms with Crippen LogP contribution in [0.25, 0.3) is 0 Å². The van der Waals surface area contributed by atoms with E-state index in [0.717, 1.165) is 21.8 Å². The standard InChI is InChI=1S/C22H26N4O3S/c1-4-24-22(28)26-9-8-17-18(12-23)21(30-19(17)13-26)25-20(27)10-14(2)15-6-5-7-16(11-15)29-3/h5-7,11,14H,4,8-10,13H2,1-3H3,(H,24,28)(H,25,27). The zero-order valence-corrected chi connectivity index (χ0v) is 18.3. The Kier molecular flexibility index (Phi) is 6.95. The van der Waals surface area contributed by atoms with Gasteiger partial charge >= 0.3 is 6.03 Å². The summed E-state index contributed by atoms with van der Waals surface area (Å²) in [5, 5.41) is 16.0. The van der Waals surface area contributed by atoms with E-state index in [4.69, 9.17) is 4.74 Å². The lowest BCUT2D eigenvalue weighted by Gasteiger charge is -2.26. The maximum atomic E-state index is 12.7. The molecule has 1 aliphatic heterocycles. The normalized spacial score (nSPS) is 13.7. The Morgan fingerprint density at radius 2 is 2.20 bits per heavy atom. The summed E-state index contributed by atoms with van der Waals surface area (Å²) in [5.41, 5.74) is 2.49. The minimum absolute atomic E-state index is 0.00783. The monoisotopic (exact) mass is 426 g/mol. The molecule has 0 spiro atoms. The molecular weight excluding hydrogens is 400 g/mol. The number of nitriles is 1. The Labute approximate surface area is 180 Å². The van der Waals surface area contributed by atoms with Crippen LogP contribution in [0.4, 0.5) is 9.80 Å². The second kappa shape index (κ2) is 9.63. The van der Waals surface area contributed by atoms with Gasteiger partial charge in [0.05, 0.1) is 19.2 Å². The average Bonchev–Trinajstić information content (AvgIpc) is 3.09. The summed E-state index contributed by atoms with van der Waals surface area (Å²) in [6, 6.07) is 9.81. The molecule has 0 saturated heterocycles. The number of hydrogen-bond donors (Lipinski definition) is 2. The lowest BCUT2D eigenvalue weighted by Crippen LogP contribution is -2.42. The van der Waals surface area contributed by atoms with Crippen molar-refractivity contribution in [3.8, 4) is 11.8 Å². The van der Waals surface area contributed by atoms with Crippen LogP contribution in [0.5, 0.6) is 5.75 Å². The molecule has 2 aromatic rings. The molecule has 30 heavy (non-hydrogen) atoms. The largest absolute Gasteiger partial charge is 0.497 e. The Morgan fingerprint density at radius 1 is 1.40 bits per heavy atom. The third-order valence-electron chi connectivity index (χ3n) is 5.19. The van der Waals surface area contributed by atoms with Crippen LogP contribution < -0.4 is 15.4 Å². The summed E-state index contributed by atoms with van der Waals surface area (Å²) in [4.78, 5) is 27.5. The smallest absolute Gasteiger partial charge is 0.317 e. The van der Waals surface area contributed by atoms with Gasteiger partial charge in [-0.3, -0.25) is 4.79 Å². The molecule has 1 aromatic heterocycles. The molecule has 0 aliphatic carbocycles. The van der Waals surface area contributed by atoms with Crippen molar-refractivity contribution in [1.29, 1.82) is 5.26 Å². The molecule has 1 aliphatic rings. The summed E-state index contributed by atoms with van der Waals surface area (Å²) in [5.74, 6) is 0.628. The molecule has 2 heterocycles. The van der Waals surface area contributed by atoms with E-state index < -0.39 is 0 Å². The van der Waals surface area contributed by atoms with Crippen molar-refractivity contribution < 1.29 is 14.3 Å². The van der Waals surface area contributed by atoms with Gasteiger partial charge in [0.1, 0.15) is 16.8 Å². The van der Waals surface area contributed by atoms with Gasteiger partial charge in [0.2, 0.25) is 5.91 Å². The number of urea groups is 1. The van der Waals surface area contributed by atoms with E-state index in [1.165, 1.54) is 11.3 Å². The van der Waals surface area contributed by atoms with Crippen molar-refractivity contribution in [3.63, 3.8) is 0 Å². The number of anilines is 1. The number of nitrogens with zero attached hydrogens (tertiary/aromatic N) is 2. The Bertz CT molecular complexity index is 979. The molecule has 0 radical (unpaired) electrons. The van der Waals surface area contributed by atoms with Gasteiger partial charge in [-0.15, -0.1) is 11.3 Å². The second-order valence-corrected chi connectivity index (χ2v) is 8.36. The summed E-state index contributed by atoms with van der Waals surface area (Å²) in [6.45, 7) is 5.46. The van der Waals surface area contributed by atoms with Gasteiger partial charge in [-0.2, -0.15) is 5.26 Å². The molecule has 0 fully saturated rings. The Hall–Kier alpha value is -3.05. The fourth-order valence-corrected chi connectivity index (χ4v) is 4.80. The zero-order chi connectivity index (χ0) is 21.7. The van der Waals surface area contributed by atoms with E-state index in [9.17, 15) is 14.9 Å². The fraction of sp³-hybridized carbons (Fsp3) is 0.409. The number of methoxy groups -OCH3 is 1. The van der Waals surface area contributed by atoms with Crippen LogP contribution in [0.2, 0.25) is 0 Å². The number of hydrogen-bond acceptors (Lipinski definition) is 5. The highest BCUT2D eigenvalue weighted by atomic mass is 32.1. The van der Waals surface area contributed by atoms with Gasteiger partial charge in [-0.05, 0) is 42.5 Å². The van der Waals surface area contributed by atoms with E-state index in [0.29, 0.717) is 43.0 Å². The highest BCUT2D eigenvalue weighted by Crippen LogP contribution is 2.37. The van der Waals surface area contributed by atoms with Gasteiger partial charge in [0, 0.05) is 24.4 Å². The van der Waals surface area contributed by atoms with Crippen LogP contribution in [-0.4, -0.2) is 37.0 Å². The predicted octanol–water partition coefficient (Wildman–Crippen LogP) is 3.85. The summed E-state index contributed by atoms with van der Waals surface area (Å²) in [7, 11) is 1.62. The van der Waals surface area contributed by atoms with Crippen molar-refractivity contribution in [1.82, 2.24) is 10.2 Å². The molecule has 8 heteroatoms. The van der Waals surface area contributed by atoms with Gasteiger partial charge in [0.15, 0.2) is 0 Å².